The molecule has 2 heterocycles. The van der Waals surface area contributed by atoms with E-state index in [1.54, 1.807) is 0 Å². The first-order valence-corrected chi connectivity index (χ1v) is 13.2. The number of nitrogens with zero attached hydrogens (tertiary/aromatic N) is 2. The van der Waals surface area contributed by atoms with Crippen molar-refractivity contribution in [1.29, 1.82) is 0 Å². The van der Waals surface area contributed by atoms with Crippen LogP contribution in [0.25, 0.3) is 0 Å². The van der Waals surface area contributed by atoms with Crippen molar-refractivity contribution in [3.63, 3.8) is 0 Å². The van der Waals surface area contributed by atoms with Crippen LogP contribution in [0, 0.1) is 0 Å². The first-order chi connectivity index (χ1) is 18.6. The summed E-state index contributed by atoms with van der Waals surface area (Å²) >= 11 is 0. The zero-order chi connectivity index (χ0) is 28.0. The Morgan fingerprint density at radius 3 is 2.46 bits per heavy atom. The minimum atomic E-state index is -4.54. The number of hydrogen-bond acceptors (Lipinski definition) is 5. The minimum Gasteiger partial charge on any atom is -0.371 e. The van der Waals surface area contributed by atoms with Gasteiger partial charge in [0.05, 0.1) is 12.1 Å². The summed E-state index contributed by atoms with van der Waals surface area (Å²) in [6, 6.07) is 12.4. The molecular formula is C28H34F3N5O3. The highest BCUT2D eigenvalue weighted by Crippen LogP contribution is 2.29. The lowest BCUT2D eigenvalue weighted by atomic mass is 10.1. The molecule has 2 fully saturated rings. The molecule has 11 heteroatoms. The van der Waals surface area contributed by atoms with Crippen molar-refractivity contribution in [2.75, 3.05) is 42.9 Å². The van der Waals surface area contributed by atoms with Crippen LogP contribution >= 0.6 is 0 Å². The number of rotatable bonds is 7. The fourth-order valence-corrected chi connectivity index (χ4v) is 5.28. The third-order valence-electron chi connectivity index (χ3n) is 7.21. The maximum absolute atomic E-state index is 12.9. The quantitative estimate of drug-likeness (QED) is 0.494. The number of halogens is 3. The molecule has 210 valence electrons. The second kappa shape index (κ2) is 12.5. The second-order valence-corrected chi connectivity index (χ2v) is 10.1. The number of anilines is 2. The molecule has 1 unspecified atom stereocenters. The fourth-order valence-electron chi connectivity index (χ4n) is 5.28. The third kappa shape index (κ3) is 7.95. The van der Waals surface area contributed by atoms with Gasteiger partial charge in [-0.05, 0) is 68.1 Å². The molecule has 0 aliphatic carbocycles. The number of amides is 3. The Kier molecular flexibility index (Phi) is 9.11. The number of alkyl halides is 3. The van der Waals surface area contributed by atoms with Gasteiger partial charge < -0.3 is 20.9 Å². The van der Waals surface area contributed by atoms with E-state index in [2.05, 4.69) is 25.8 Å². The Morgan fingerprint density at radius 2 is 1.74 bits per heavy atom. The fraction of sp³-hybridized carbons (Fsp3) is 0.464. The Balaban J connectivity index is 1.21. The average Bonchev–Trinajstić information content (AvgIpc) is 3.21. The predicted octanol–water partition coefficient (Wildman–Crippen LogP) is 3.64. The molecule has 0 spiro atoms. The molecule has 2 saturated heterocycles. The Hall–Kier alpha value is -3.60. The standard InChI is InChI=1S/C28H34F3N5O3/c1-19(37)33-22-7-9-25(10-8-22)35-13-3-6-24(12-15-35)36-14-11-23(18-36)34-26(38)17-32-27(39)20-4-2-5-21(16-20)28(29,30)31/h2,4-5,7-10,16,23-24H,3,6,11-15,17-18H2,1H3,(H,32,39)(H,33,37)(H,34,38)/t23-,24?/m1/s1. The predicted molar refractivity (Wildman–Crippen MR) is 142 cm³/mol. The maximum atomic E-state index is 12.9. The SMILES string of the molecule is CC(=O)Nc1ccc(N2CCCC(N3CC[C@@H](NC(=O)CNC(=O)c4cccc(C(F)(F)F)c4)C3)CC2)cc1. The molecule has 2 aliphatic heterocycles. The number of carbonyl (C=O) groups is 3. The van der Waals surface area contributed by atoms with Crippen molar-refractivity contribution >= 4 is 29.1 Å². The molecular weight excluding hydrogens is 511 g/mol. The van der Waals surface area contributed by atoms with Gasteiger partial charge in [0.2, 0.25) is 11.8 Å². The van der Waals surface area contributed by atoms with E-state index in [0.29, 0.717) is 6.04 Å². The first-order valence-electron chi connectivity index (χ1n) is 13.2. The second-order valence-electron chi connectivity index (χ2n) is 10.1. The van der Waals surface area contributed by atoms with Crippen molar-refractivity contribution in [3.8, 4) is 0 Å². The number of nitrogens with one attached hydrogen (secondary N) is 3. The topological polar surface area (TPSA) is 93.8 Å². The van der Waals surface area contributed by atoms with Gasteiger partial charge in [0.25, 0.3) is 5.91 Å². The summed E-state index contributed by atoms with van der Waals surface area (Å²) < 4.78 is 38.7. The zero-order valence-electron chi connectivity index (χ0n) is 21.9. The highest BCUT2D eigenvalue weighted by Gasteiger charge is 2.32. The molecule has 3 amide bonds. The highest BCUT2D eigenvalue weighted by atomic mass is 19.4. The van der Waals surface area contributed by atoms with Crippen molar-refractivity contribution < 1.29 is 27.6 Å². The van der Waals surface area contributed by atoms with Crippen molar-refractivity contribution in [2.24, 2.45) is 0 Å². The van der Waals surface area contributed by atoms with E-state index in [1.165, 1.54) is 19.1 Å². The van der Waals surface area contributed by atoms with Crippen LogP contribution in [0.5, 0.6) is 0 Å². The van der Waals surface area contributed by atoms with Gasteiger partial charge in [0.1, 0.15) is 0 Å². The van der Waals surface area contributed by atoms with Gasteiger partial charge in [0.15, 0.2) is 0 Å². The van der Waals surface area contributed by atoms with Gasteiger partial charge in [-0.2, -0.15) is 13.2 Å². The summed E-state index contributed by atoms with van der Waals surface area (Å²) in [6.07, 6.45) is -0.626. The van der Waals surface area contributed by atoms with Crippen LogP contribution in [-0.4, -0.2) is 67.4 Å². The van der Waals surface area contributed by atoms with Crippen LogP contribution in [0.15, 0.2) is 48.5 Å². The van der Waals surface area contributed by atoms with Gasteiger partial charge in [-0.15, -0.1) is 0 Å². The van der Waals surface area contributed by atoms with Gasteiger partial charge in [-0.1, -0.05) is 6.07 Å². The number of likely N-dealkylation sites (tertiary alicyclic amines) is 1. The lowest BCUT2D eigenvalue weighted by Crippen LogP contribution is -2.44. The monoisotopic (exact) mass is 545 g/mol. The molecule has 0 aromatic heterocycles. The Labute approximate surface area is 225 Å². The minimum absolute atomic E-state index is 0.0383. The van der Waals surface area contributed by atoms with Crippen LogP contribution in [0.3, 0.4) is 0 Å². The van der Waals surface area contributed by atoms with Crippen molar-refractivity contribution in [3.05, 3.63) is 59.7 Å². The summed E-state index contributed by atoms with van der Waals surface area (Å²) in [6.45, 7) is 4.65. The molecule has 2 aromatic carbocycles. The molecule has 3 N–H and O–H groups in total. The van der Waals surface area contributed by atoms with E-state index in [4.69, 9.17) is 0 Å². The van der Waals surface area contributed by atoms with E-state index >= 15 is 0 Å². The Morgan fingerprint density at radius 1 is 0.974 bits per heavy atom. The molecule has 2 atom stereocenters. The maximum Gasteiger partial charge on any atom is 0.416 e. The van der Waals surface area contributed by atoms with Crippen LogP contribution in [-0.2, 0) is 15.8 Å². The number of benzene rings is 2. The summed E-state index contributed by atoms with van der Waals surface area (Å²) in [4.78, 5) is 40.7. The summed E-state index contributed by atoms with van der Waals surface area (Å²) in [5.41, 5.74) is 0.853. The van der Waals surface area contributed by atoms with Crippen LogP contribution < -0.4 is 20.9 Å². The third-order valence-corrected chi connectivity index (χ3v) is 7.21. The Bertz CT molecular complexity index is 1170. The molecule has 39 heavy (non-hydrogen) atoms. The van der Waals surface area contributed by atoms with Crippen LogP contribution in [0.2, 0.25) is 0 Å². The van der Waals surface area contributed by atoms with Gasteiger partial charge in [-0.25, -0.2) is 0 Å². The molecule has 0 saturated carbocycles. The zero-order valence-corrected chi connectivity index (χ0v) is 21.9. The van der Waals surface area contributed by atoms with Gasteiger partial charge >= 0.3 is 6.18 Å². The normalized spacial score (nSPS) is 20.3. The van der Waals surface area contributed by atoms with E-state index in [0.717, 1.165) is 75.4 Å². The lowest BCUT2D eigenvalue weighted by molar-refractivity contribution is -0.137. The van der Waals surface area contributed by atoms with E-state index in [9.17, 15) is 27.6 Å². The van der Waals surface area contributed by atoms with Crippen LogP contribution in [0.1, 0.15) is 48.5 Å². The molecule has 0 bridgehead atoms. The first kappa shape index (κ1) is 28.4. The molecule has 8 nitrogen and oxygen atoms in total. The highest BCUT2D eigenvalue weighted by molar-refractivity contribution is 5.96. The van der Waals surface area contributed by atoms with E-state index in [-0.39, 0.29) is 30.0 Å². The van der Waals surface area contributed by atoms with Crippen molar-refractivity contribution in [1.82, 2.24) is 15.5 Å². The molecule has 0 radical (unpaired) electrons. The van der Waals surface area contributed by atoms with Crippen molar-refractivity contribution in [2.45, 2.75) is 50.9 Å². The average molecular weight is 546 g/mol. The van der Waals surface area contributed by atoms with E-state index in [1.807, 2.05) is 24.3 Å². The van der Waals surface area contributed by atoms with Crippen LogP contribution in [0.4, 0.5) is 24.5 Å². The summed E-state index contributed by atoms with van der Waals surface area (Å²) in [7, 11) is 0. The summed E-state index contributed by atoms with van der Waals surface area (Å²) in [5.74, 6) is -1.19. The smallest absolute Gasteiger partial charge is 0.371 e. The van der Waals surface area contributed by atoms with Gasteiger partial charge in [0, 0.05) is 62.1 Å². The van der Waals surface area contributed by atoms with Gasteiger partial charge in [-0.3, -0.25) is 19.3 Å². The van der Waals surface area contributed by atoms with E-state index < -0.39 is 17.6 Å². The molecule has 4 rings (SSSR count). The molecule has 2 aliphatic rings. The largest absolute Gasteiger partial charge is 0.416 e. The molecule has 2 aromatic rings. The number of carbonyl (C=O) groups excluding carboxylic acids is 3. The summed E-state index contributed by atoms with van der Waals surface area (Å²) in [5, 5.41) is 8.14. The lowest BCUT2D eigenvalue weighted by Gasteiger charge is -2.27. The number of hydrogen-bond donors (Lipinski definition) is 3.